The predicted molar refractivity (Wildman–Crippen MR) is 110 cm³/mol. The number of rotatable bonds is 7. The largest absolute Gasteiger partial charge is 0.495 e. The molecule has 144 valence electrons. The number of carbonyl (C=O) groups excluding carboxylic acids is 1. The van der Waals surface area contributed by atoms with Gasteiger partial charge >= 0.3 is 0 Å². The topological polar surface area (TPSA) is 114 Å². The number of hydrogen-bond acceptors (Lipinski definition) is 7. The number of anilines is 4. The monoisotopic (exact) mass is 398 g/mol. The molecule has 0 saturated carbocycles. The third kappa shape index (κ3) is 4.80. The average molecular weight is 399 g/mol. The molecule has 1 amide bonds. The summed E-state index contributed by atoms with van der Waals surface area (Å²) in [6.07, 6.45) is 1.55. The zero-order valence-electron chi connectivity index (χ0n) is 15.1. The SMILES string of the molecule is COc1ccc(Cl)cc1Nc1ncnc(NNC(=O)Cc2ccccc2)c1N. The summed E-state index contributed by atoms with van der Waals surface area (Å²) in [6.45, 7) is 0. The summed E-state index contributed by atoms with van der Waals surface area (Å²) in [6, 6.07) is 14.5. The summed E-state index contributed by atoms with van der Waals surface area (Å²) in [5.41, 5.74) is 13.1. The number of amides is 1. The second-order valence-corrected chi connectivity index (χ2v) is 6.23. The van der Waals surface area contributed by atoms with Gasteiger partial charge in [-0.25, -0.2) is 9.97 Å². The highest BCUT2D eigenvalue weighted by Crippen LogP contribution is 2.32. The zero-order chi connectivity index (χ0) is 19.9. The molecule has 28 heavy (non-hydrogen) atoms. The number of halogens is 1. The molecule has 0 radical (unpaired) electrons. The molecule has 0 bridgehead atoms. The van der Waals surface area contributed by atoms with Gasteiger partial charge in [-0.1, -0.05) is 41.9 Å². The quantitative estimate of drug-likeness (QED) is 0.452. The van der Waals surface area contributed by atoms with Gasteiger partial charge in [-0.3, -0.25) is 15.6 Å². The molecule has 0 unspecified atom stereocenters. The van der Waals surface area contributed by atoms with Crippen molar-refractivity contribution in [2.24, 2.45) is 0 Å². The lowest BCUT2D eigenvalue weighted by molar-refractivity contribution is -0.119. The van der Waals surface area contributed by atoms with Crippen LogP contribution in [0.5, 0.6) is 5.75 Å². The molecule has 0 atom stereocenters. The number of nitrogen functional groups attached to an aromatic ring is 1. The van der Waals surface area contributed by atoms with E-state index in [0.717, 1.165) is 5.56 Å². The molecule has 1 aromatic heterocycles. The van der Waals surface area contributed by atoms with Crippen molar-refractivity contribution in [2.45, 2.75) is 6.42 Å². The summed E-state index contributed by atoms with van der Waals surface area (Å²) in [5, 5.41) is 3.59. The summed E-state index contributed by atoms with van der Waals surface area (Å²) >= 11 is 6.04. The summed E-state index contributed by atoms with van der Waals surface area (Å²) in [7, 11) is 1.55. The third-order valence-electron chi connectivity index (χ3n) is 3.83. The van der Waals surface area contributed by atoms with Crippen molar-refractivity contribution in [1.29, 1.82) is 0 Å². The van der Waals surface area contributed by atoms with Crippen molar-refractivity contribution in [3.63, 3.8) is 0 Å². The van der Waals surface area contributed by atoms with Crippen LogP contribution < -0.4 is 26.6 Å². The maximum Gasteiger partial charge on any atom is 0.242 e. The highest BCUT2D eigenvalue weighted by atomic mass is 35.5. The van der Waals surface area contributed by atoms with Gasteiger partial charge in [0.1, 0.15) is 17.8 Å². The molecule has 1 heterocycles. The van der Waals surface area contributed by atoms with E-state index < -0.39 is 0 Å². The molecule has 3 rings (SSSR count). The van der Waals surface area contributed by atoms with Crippen molar-refractivity contribution in [1.82, 2.24) is 15.4 Å². The molecule has 9 heteroatoms. The van der Waals surface area contributed by atoms with E-state index in [4.69, 9.17) is 22.1 Å². The van der Waals surface area contributed by atoms with Gasteiger partial charge in [0.2, 0.25) is 5.91 Å². The smallest absolute Gasteiger partial charge is 0.242 e. The number of hydrazine groups is 1. The molecule has 5 N–H and O–H groups in total. The maximum absolute atomic E-state index is 12.1. The summed E-state index contributed by atoms with van der Waals surface area (Å²) in [5.74, 6) is 0.957. The number of aromatic nitrogens is 2. The Bertz CT molecular complexity index is 968. The van der Waals surface area contributed by atoms with Crippen molar-refractivity contribution < 1.29 is 9.53 Å². The second-order valence-electron chi connectivity index (χ2n) is 5.79. The first-order valence-corrected chi connectivity index (χ1v) is 8.74. The van der Waals surface area contributed by atoms with E-state index in [-0.39, 0.29) is 23.8 Å². The van der Waals surface area contributed by atoms with Gasteiger partial charge in [-0.2, -0.15) is 0 Å². The van der Waals surface area contributed by atoms with Crippen molar-refractivity contribution in [3.05, 3.63) is 65.4 Å². The van der Waals surface area contributed by atoms with Gasteiger partial charge in [0.05, 0.1) is 19.2 Å². The van der Waals surface area contributed by atoms with Crippen LogP contribution in [-0.4, -0.2) is 23.0 Å². The fourth-order valence-corrected chi connectivity index (χ4v) is 2.63. The van der Waals surface area contributed by atoms with Gasteiger partial charge in [0.25, 0.3) is 0 Å². The first kappa shape index (κ1) is 19.2. The van der Waals surface area contributed by atoms with E-state index in [0.29, 0.717) is 22.3 Å². The Morgan fingerprint density at radius 3 is 2.64 bits per heavy atom. The van der Waals surface area contributed by atoms with Crippen LogP contribution in [0.3, 0.4) is 0 Å². The molecule has 0 aliphatic rings. The first-order chi connectivity index (χ1) is 13.6. The molecule has 0 aliphatic carbocycles. The van der Waals surface area contributed by atoms with Crippen LogP contribution in [0.1, 0.15) is 5.56 Å². The Hall–Kier alpha value is -3.52. The van der Waals surface area contributed by atoms with E-state index in [1.165, 1.54) is 6.33 Å². The van der Waals surface area contributed by atoms with Gasteiger partial charge in [-0.05, 0) is 23.8 Å². The normalized spacial score (nSPS) is 10.2. The number of ether oxygens (including phenoxy) is 1. The average Bonchev–Trinajstić information content (AvgIpc) is 2.69. The molecule has 0 aliphatic heterocycles. The van der Waals surface area contributed by atoms with E-state index in [1.54, 1.807) is 25.3 Å². The van der Waals surface area contributed by atoms with E-state index in [1.807, 2.05) is 30.3 Å². The molecule has 2 aromatic carbocycles. The Kier molecular flexibility index (Phi) is 6.13. The third-order valence-corrected chi connectivity index (χ3v) is 4.06. The Labute approximate surface area is 167 Å². The fraction of sp³-hybridized carbons (Fsp3) is 0.105. The van der Waals surface area contributed by atoms with Gasteiger partial charge < -0.3 is 15.8 Å². The van der Waals surface area contributed by atoms with E-state index >= 15 is 0 Å². The number of methoxy groups -OCH3 is 1. The number of hydrogen-bond donors (Lipinski definition) is 4. The lowest BCUT2D eigenvalue weighted by Gasteiger charge is -2.15. The number of nitrogens with one attached hydrogen (secondary N) is 3. The van der Waals surface area contributed by atoms with Gasteiger partial charge in [-0.15, -0.1) is 0 Å². The van der Waals surface area contributed by atoms with Crippen molar-refractivity contribution in [3.8, 4) is 5.75 Å². The minimum absolute atomic E-state index is 0.226. The van der Waals surface area contributed by atoms with Crippen LogP contribution in [-0.2, 0) is 11.2 Å². The van der Waals surface area contributed by atoms with E-state index in [2.05, 4.69) is 26.1 Å². The van der Waals surface area contributed by atoms with Crippen LogP contribution in [0.15, 0.2) is 54.9 Å². The fourth-order valence-electron chi connectivity index (χ4n) is 2.45. The van der Waals surface area contributed by atoms with Gasteiger partial charge in [0.15, 0.2) is 11.6 Å². The number of nitrogens with two attached hydrogens (primary N) is 1. The minimum atomic E-state index is -0.227. The van der Waals surface area contributed by atoms with Crippen LogP contribution in [0, 0.1) is 0 Å². The molecular formula is C19H19ClN6O2. The Morgan fingerprint density at radius 2 is 1.89 bits per heavy atom. The molecule has 0 spiro atoms. The van der Waals surface area contributed by atoms with Crippen molar-refractivity contribution >= 4 is 40.5 Å². The van der Waals surface area contributed by atoms with E-state index in [9.17, 15) is 4.79 Å². The van der Waals surface area contributed by atoms with Crippen molar-refractivity contribution in [2.75, 3.05) is 23.6 Å². The number of nitrogens with zero attached hydrogens (tertiary/aromatic N) is 2. The van der Waals surface area contributed by atoms with Gasteiger partial charge in [0, 0.05) is 5.02 Å². The summed E-state index contributed by atoms with van der Waals surface area (Å²) in [4.78, 5) is 20.3. The number of benzene rings is 2. The van der Waals surface area contributed by atoms with Crippen LogP contribution in [0.25, 0.3) is 0 Å². The maximum atomic E-state index is 12.1. The van der Waals surface area contributed by atoms with Crippen LogP contribution in [0.4, 0.5) is 23.0 Å². The molecule has 0 saturated heterocycles. The molecule has 0 fully saturated rings. The number of carbonyl (C=O) groups is 1. The van der Waals surface area contributed by atoms with Crippen LogP contribution >= 0.6 is 11.6 Å². The molecular weight excluding hydrogens is 380 g/mol. The molecule has 8 nitrogen and oxygen atoms in total. The Balaban J connectivity index is 1.69. The first-order valence-electron chi connectivity index (χ1n) is 8.36. The zero-order valence-corrected chi connectivity index (χ0v) is 15.8. The van der Waals surface area contributed by atoms with Crippen LogP contribution in [0.2, 0.25) is 5.02 Å². The lowest BCUT2D eigenvalue weighted by atomic mass is 10.1. The molecule has 3 aromatic rings. The Morgan fingerprint density at radius 1 is 1.14 bits per heavy atom. The summed E-state index contributed by atoms with van der Waals surface area (Å²) < 4.78 is 5.30. The lowest BCUT2D eigenvalue weighted by Crippen LogP contribution is -2.31. The highest BCUT2D eigenvalue weighted by molar-refractivity contribution is 6.31. The predicted octanol–water partition coefficient (Wildman–Crippen LogP) is 3.15. The standard InChI is InChI=1S/C19H19ClN6O2/c1-28-15-8-7-13(20)10-14(15)24-18-17(21)19(23-11-22-18)26-25-16(27)9-12-5-3-2-4-6-12/h2-8,10-11H,9,21H2,1H3,(H,25,27)(H2,22,23,24,26). The second kappa shape index (κ2) is 8.92. The highest BCUT2D eigenvalue weighted by Gasteiger charge is 2.12. The minimum Gasteiger partial charge on any atom is -0.495 e.